The maximum Gasteiger partial charge on any atom is 0.236 e. The van der Waals surface area contributed by atoms with Crippen molar-refractivity contribution < 1.29 is 4.79 Å². The first-order valence-corrected chi connectivity index (χ1v) is 5.47. The predicted molar refractivity (Wildman–Crippen MR) is 39.7 cm³/mol. The van der Waals surface area contributed by atoms with Gasteiger partial charge in [0, 0.05) is 15.9 Å². The van der Waals surface area contributed by atoms with Gasteiger partial charge in [0.2, 0.25) is 4.02 Å². The summed E-state index contributed by atoms with van der Waals surface area (Å²) in [7, 11) is -0.963. The Morgan fingerprint density at radius 3 is 1.57 bits per heavy atom. The fourth-order valence-electron chi connectivity index (χ4n) is 0. The molecule has 0 aliphatic rings. The normalized spacial score (nSPS) is 13.7. The molecule has 0 unspecified atom stereocenters. The molecule has 44 valence electrons. The van der Waals surface area contributed by atoms with E-state index < -0.39 is 10.0 Å². The molecule has 1 nitrogen and oxygen atoms in total. The molecule has 0 fully saturated rings. The predicted octanol–water partition coefficient (Wildman–Crippen LogP) is 2.20. The first kappa shape index (κ1) is 7.50. The highest BCUT2D eigenvalue weighted by molar-refractivity contribution is 9.23. The molecule has 0 N–H and O–H groups in total. The van der Waals surface area contributed by atoms with Crippen molar-refractivity contribution in [2.45, 2.75) is 0 Å². The number of hydrogen-bond acceptors (Lipinski definition) is 1. The second-order valence-electron chi connectivity index (χ2n) is 2.07. The Labute approximate surface area is 53.9 Å². The highest BCUT2D eigenvalue weighted by Gasteiger charge is 2.10. The van der Waals surface area contributed by atoms with Crippen LogP contribution in [-0.2, 0) is 0 Å². The lowest BCUT2D eigenvalue weighted by molar-refractivity contribution is 0.277. The van der Waals surface area contributed by atoms with E-state index in [-0.39, 0.29) is 4.02 Å². The van der Waals surface area contributed by atoms with Crippen LogP contribution < -0.4 is 0 Å². The molecule has 0 aromatic carbocycles. The monoisotopic (exact) mass is 184 g/mol. The summed E-state index contributed by atoms with van der Waals surface area (Å²) in [6, 6.07) is 0. The quantitative estimate of drug-likeness (QED) is 0.528. The van der Waals surface area contributed by atoms with Gasteiger partial charge in [-0.15, -0.1) is 0 Å². The van der Waals surface area contributed by atoms with Gasteiger partial charge in [-0.3, -0.25) is 4.79 Å². The van der Waals surface area contributed by atoms with Crippen LogP contribution in [0.3, 0.4) is 0 Å². The van der Waals surface area contributed by atoms with Crippen LogP contribution in [0, 0.1) is 0 Å². The van der Waals surface area contributed by atoms with Gasteiger partial charge in [-0.1, -0.05) is 0 Å². The van der Waals surface area contributed by atoms with Crippen molar-refractivity contribution >= 4 is 30.0 Å². The van der Waals surface area contributed by atoms with Crippen molar-refractivity contribution in [3.05, 3.63) is 0 Å². The van der Waals surface area contributed by atoms with Gasteiger partial charge < -0.3 is 0 Å². The van der Waals surface area contributed by atoms with Crippen LogP contribution in [0.2, 0.25) is 0 Å². The van der Waals surface area contributed by atoms with E-state index >= 15 is 0 Å². The third-order valence-corrected chi connectivity index (χ3v) is 4.36. The lowest BCUT2D eigenvalue weighted by Crippen LogP contribution is -1.96. The second-order valence-corrected chi connectivity index (χ2v) is 7.36. The lowest BCUT2D eigenvalue weighted by atomic mass is 11.8. The summed E-state index contributed by atoms with van der Waals surface area (Å²) in [5, 5.41) is 0. The highest BCUT2D eigenvalue weighted by atomic mass is 79.9. The first-order valence-electron chi connectivity index (χ1n) is 1.82. The van der Waals surface area contributed by atoms with Crippen LogP contribution in [0.15, 0.2) is 0 Å². The molecule has 0 amide bonds. The Morgan fingerprint density at radius 2 is 1.57 bits per heavy atom. The van der Waals surface area contributed by atoms with Crippen molar-refractivity contribution in [1.82, 2.24) is 0 Å². The molecular weight excluding hydrogens is 176 g/mol. The SMILES string of the molecule is CS(C)(C)C(=O)Br. The van der Waals surface area contributed by atoms with Gasteiger partial charge in [-0.25, -0.2) is 0 Å². The smallest absolute Gasteiger partial charge is 0.236 e. The summed E-state index contributed by atoms with van der Waals surface area (Å²) in [5.74, 6) is 0. The lowest BCUT2D eigenvalue weighted by Gasteiger charge is -2.17. The molecule has 3 heteroatoms. The summed E-state index contributed by atoms with van der Waals surface area (Å²) in [5.41, 5.74) is 0. The largest absolute Gasteiger partial charge is 0.276 e. The highest BCUT2D eigenvalue weighted by Crippen LogP contribution is 2.38. The van der Waals surface area contributed by atoms with Crippen molar-refractivity contribution in [1.29, 1.82) is 0 Å². The van der Waals surface area contributed by atoms with Gasteiger partial charge in [0.25, 0.3) is 0 Å². The van der Waals surface area contributed by atoms with Gasteiger partial charge in [0.1, 0.15) is 0 Å². The second kappa shape index (κ2) is 2.18. The third kappa shape index (κ3) is 3.12. The van der Waals surface area contributed by atoms with Gasteiger partial charge in [0.05, 0.1) is 0 Å². The average Bonchev–Trinajstić information content (AvgIpc) is 1.31. The van der Waals surface area contributed by atoms with Crippen LogP contribution in [0.1, 0.15) is 0 Å². The van der Waals surface area contributed by atoms with Gasteiger partial charge >= 0.3 is 0 Å². The van der Waals surface area contributed by atoms with E-state index in [1.807, 2.05) is 18.8 Å². The first-order chi connectivity index (χ1) is 2.94. The number of rotatable bonds is 0. The van der Waals surface area contributed by atoms with Crippen LogP contribution in [0.5, 0.6) is 0 Å². The van der Waals surface area contributed by atoms with Gasteiger partial charge in [-0.2, -0.15) is 10.0 Å². The molecule has 0 saturated carbocycles. The van der Waals surface area contributed by atoms with E-state index in [0.717, 1.165) is 0 Å². The van der Waals surface area contributed by atoms with E-state index in [9.17, 15) is 4.79 Å². The van der Waals surface area contributed by atoms with E-state index in [0.29, 0.717) is 0 Å². The van der Waals surface area contributed by atoms with Crippen LogP contribution in [0.25, 0.3) is 0 Å². The number of carbonyl (C=O) groups is 1. The number of halogens is 1. The van der Waals surface area contributed by atoms with Crippen molar-refractivity contribution in [2.75, 3.05) is 18.8 Å². The molecule has 0 spiro atoms. The molecule has 0 heterocycles. The zero-order valence-electron chi connectivity index (χ0n) is 4.69. The van der Waals surface area contributed by atoms with Crippen LogP contribution in [0.4, 0.5) is 4.79 Å². The molecule has 0 rings (SSSR count). The summed E-state index contributed by atoms with van der Waals surface area (Å²) >= 11 is 2.89. The zero-order chi connectivity index (χ0) is 6.08. The Morgan fingerprint density at radius 1 is 1.43 bits per heavy atom. The number of carbonyl (C=O) groups excluding carboxylic acids is 1. The maximum absolute atomic E-state index is 10.4. The van der Waals surface area contributed by atoms with Crippen LogP contribution in [-0.4, -0.2) is 22.8 Å². The van der Waals surface area contributed by atoms with Gasteiger partial charge in [-0.05, 0) is 18.8 Å². The molecule has 0 radical (unpaired) electrons. The molecule has 0 saturated heterocycles. The maximum atomic E-state index is 10.4. The molecule has 0 atom stereocenters. The Balaban J connectivity index is 3.79. The Hall–Kier alpha value is 0.500. The molecule has 0 aromatic rings. The molecular formula is C4H9BrOS. The minimum atomic E-state index is -0.963. The minimum absolute atomic E-state index is 0.139. The van der Waals surface area contributed by atoms with Gasteiger partial charge in [0.15, 0.2) is 0 Å². The Bertz CT molecular complexity index is 84.2. The standard InChI is InChI=1S/C4H9BrOS/c1-7(2,3)4(5)6/h1-3H3. The number of hydrogen-bond donors (Lipinski definition) is 0. The fourth-order valence-corrected chi connectivity index (χ4v) is 0. The summed E-state index contributed by atoms with van der Waals surface area (Å²) < 4.78 is 0.139. The van der Waals surface area contributed by atoms with Crippen LogP contribution >= 0.6 is 26.0 Å². The molecule has 0 bridgehead atoms. The molecule has 7 heavy (non-hydrogen) atoms. The van der Waals surface area contributed by atoms with E-state index in [4.69, 9.17) is 0 Å². The molecule has 0 aliphatic heterocycles. The van der Waals surface area contributed by atoms with Crippen molar-refractivity contribution in [3.8, 4) is 0 Å². The van der Waals surface area contributed by atoms with E-state index in [1.165, 1.54) is 0 Å². The Kier molecular flexibility index (Phi) is 2.33. The molecule has 0 aromatic heterocycles. The summed E-state index contributed by atoms with van der Waals surface area (Å²) in [6.07, 6.45) is 5.85. The zero-order valence-corrected chi connectivity index (χ0v) is 7.10. The van der Waals surface area contributed by atoms with E-state index in [1.54, 1.807) is 0 Å². The topological polar surface area (TPSA) is 17.1 Å². The fraction of sp³-hybridized carbons (Fsp3) is 0.750. The van der Waals surface area contributed by atoms with Crippen molar-refractivity contribution in [3.63, 3.8) is 0 Å². The molecule has 0 aliphatic carbocycles. The minimum Gasteiger partial charge on any atom is -0.276 e. The third-order valence-electron chi connectivity index (χ3n) is 0.481. The summed E-state index contributed by atoms with van der Waals surface area (Å²) in [4.78, 5) is 10.4. The van der Waals surface area contributed by atoms with E-state index in [2.05, 4.69) is 15.9 Å². The average molecular weight is 185 g/mol. The summed E-state index contributed by atoms with van der Waals surface area (Å²) in [6.45, 7) is 0. The van der Waals surface area contributed by atoms with Crippen molar-refractivity contribution in [2.24, 2.45) is 0 Å².